The summed E-state index contributed by atoms with van der Waals surface area (Å²) >= 11 is 0. The molecule has 0 aromatic heterocycles. The van der Waals surface area contributed by atoms with Crippen LogP contribution in [0.1, 0.15) is 0 Å². The van der Waals surface area contributed by atoms with Gasteiger partial charge < -0.3 is 19.9 Å². The van der Waals surface area contributed by atoms with Crippen LogP contribution in [-0.4, -0.2) is 43.2 Å². The molecule has 72 valence electrons. The Labute approximate surface area is 76.0 Å². The van der Waals surface area contributed by atoms with Gasteiger partial charge in [0.15, 0.2) is 6.61 Å². The molecule has 0 aromatic carbocycles. The summed E-state index contributed by atoms with van der Waals surface area (Å²) in [6.45, 7) is 0.460. The summed E-state index contributed by atoms with van der Waals surface area (Å²) in [6, 6.07) is -0.398. The third-order valence-corrected chi connectivity index (χ3v) is 1.64. The van der Waals surface area contributed by atoms with E-state index in [0.717, 1.165) is 0 Å². The summed E-state index contributed by atoms with van der Waals surface area (Å²) < 4.78 is 9.46. The highest BCUT2D eigenvalue weighted by Crippen LogP contribution is 2.04. The number of alkyl carbamates (subject to hydrolysis) is 1. The highest BCUT2D eigenvalue weighted by molar-refractivity contribution is 5.67. The fourth-order valence-corrected chi connectivity index (χ4v) is 0.981. The molecule has 0 aromatic rings. The second-order valence-electron chi connectivity index (χ2n) is 2.64. The molecule has 5 nitrogen and oxygen atoms in total. The lowest BCUT2D eigenvalue weighted by Crippen LogP contribution is -2.42. The van der Waals surface area contributed by atoms with Gasteiger partial charge in [-0.2, -0.15) is 0 Å². The van der Waals surface area contributed by atoms with E-state index in [2.05, 4.69) is 16.0 Å². The van der Waals surface area contributed by atoms with E-state index in [1.807, 2.05) is 0 Å². The number of hydrogen-bond acceptors (Lipinski definition) is 4. The summed E-state index contributed by atoms with van der Waals surface area (Å²) in [6.07, 6.45) is 3.58. The summed E-state index contributed by atoms with van der Waals surface area (Å²) in [5.74, 6) is 2.16. The normalized spacial score (nSPS) is 26.5. The SMILES string of the molecule is C#CCOC(=O)NC1COCC1O. The predicted molar refractivity (Wildman–Crippen MR) is 43.9 cm³/mol. The summed E-state index contributed by atoms with van der Waals surface area (Å²) in [7, 11) is 0. The minimum absolute atomic E-state index is 0.0739. The van der Waals surface area contributed by atoms with Gasteiger partial charge in [-0.05, 0) is 0 Å². The van der Waals surface area contributed by atoms with Crippen molar-refractivity contribution in [3.63, 3.8) is 0 Å². The Balaban J connectivity index is 2.24. The molecule has 13 heavy (non-hydrogen) atoms. The van der Waals surface area contributed by atoms with Crippen molar-refractivity contribution in [2.45, 2.75) is 12.1 Å². The van der Waals surface area contributed by atoms with Crippen LogP contribution in [0.4, 0.5) is 4.79 Å². The molecular weight excluding hydrogens is 174 g/mol. The van der Waals surface area contributed by atoms with Gasteiger partial charge in [0.05, 0.1) is 25.4 Å². The third kappa shape index (κ3) is 2.93. The van der Waals surface area contributed by atoms with Gasteiger partial charge in [-0.15, -0.1) is 6.42 Å². The summed E-state index contributed by atoms with van der Waals surface area (Å²) in [5, 5.41) is 11.7. The Kier molecular flexibility index (Phi) is 3.55. The minimum Gasteiger partial charge on any atom is -0.436 e. The molecule has 0 saturated carbocycles. The first-order valence-corrected chi connectivity index (χ1v) is 3.86. The van der Waals surface area contributed by atoms with Crippen molar-refractivity contribution < 1.29 is 19.4 Å². The molecule has 1 rings (SSSR count). The van der Waals surface area contributed by atoms with Crippen molar-refractivity contribution in [3.8, 4) is 12.3 Å². The van der Waals surface area contributed by atoms with E-state index in [4.69, 9.17) is 11.2 Å². The molecule has 1 amide bonds. The standard InChI is InChI=1S/C8H11NO4/c1-2-3-13-8(11)9-6-4-12-5-7(6)10/h1,6-7,10H,3-5H2,(H,9,11). The number of carbonyl (C=O) groups excluding carboxylic acids is 1. The van der Waals surface area contributed by atoms with Crippen LogP contribution in [-0.2, 0) is 9.47 Å². The lowest BCUT2D eigenvalue weighted by Gasteiger charge is -2.13. The molecule has 5 heteroatoms. The summed E-state index contributed by atoms with van der Waals surface area (Å²) in [4.78, 5) is 10.9. The van der Waals surface area contributed by atoms with Gasteiger partial charge in [0, 0.05) is 0 Å². The van der Waals surface area contributed by atoms with Gasteiger partial charge in [0.2, 0.25) is 0 Å². The first-order valence-electron chi connectivity index (χ1n) is 3.86. The third-order valence-electron chi connectivity index (χ3n) is 1.64. The zero-order valence-electron chi connectivity index (χ0n) is 7.03. The van der Waals surface area contributed by atoms with Crippen LogP contribution in [0.15, 0.2) is 0 Å². The maximum Gasteiger partial charge on any atom is 0.408 e. The number of aliphatic hydroxyl groups excluding tert-OH is 1. The second kappa shape index (κ2) is 4.70. The van der Waals surface area contributed by atoms with Crippen LogP contribution in [0.2, 0.25) is 0 Å². The zero-order chi connectivity index (χ0) is 9.68. The topological polar surface area (TPSA) is 67.8 Å². The first-order chi connectivity index (χ1) is 6.24. The van der Waals surface area contributed by atoms with E-state index < -0.39 is 18.2 Å². The number of carbonyl (C=O) groups is 1. The Bertz CT molecular complexity index is 223. The van der Waals surface area contributed by atoms with Crippen LogP contribution in [0.3, 0.4) is 0 Å². The number of hydrogen-bond donors (Lipinski definition) is 2. The van der Waals surface area contributed by atoms with Crippen molar-refractivity contribution in [1.29, 1.82) is 0 Å². The lowest BCUT2D eigenvalue weighted by molar-refractivity contribution is 0.117. The zero-order valence-corrected chi connectivity index (χ0v) is 7.03. The van der Waals surface area contributed by atoms with Gasteiger partial charge in [0.1, 0.15) is 0 Å². The fourth-order valence-electron chi connectivity index (χ4n) is 0.981. The Morgan fingerprint density at radius 1 is 1.77 bits per heavy atom. The number of terminal acetylenes is 1. The van der Waals surface area contributed by atoms with Crippen LogP contribution in [0.5, 0.6) is 0 Å². The van der Waals surface area contributed by atoms with E-state index in [9.17, 15) is 9.90 Å². The highest BCUT2D eigenvalue weighted by atomic mass is 16.5. The molecule has 0 aliphatic carbocycles. The van der Waals surface area contributed by atoms with Gasteiger partial charge in [-0.1, -0.05) is 5.92 Å². The van der Waals surface area contributed by atoms with E-state index in [1.165, 1.54) is 0 Å². The Morgan fingerprint density at radius 2 is 2.54 bits per heavy atom. The average molecular weight is 185 g/mol. The number of amides is 1. The van der Waals surface area contributed by atoms with Gasteiger partial charge in [-0.3, -0.25) is 0 Å². The Hall–Kier alpha value is -1.25. The molecule has 1 heterocycles. The first kappa shape index (κ1) is 9.84. The van der Waals surface area contributed by atoms with Crippen molar-refractivity contribution in [3.05, 3.63) is 0 Å². The van der Waals surface area contributed by atoms with Crippen LogP contribution < -0.4 is 5.32 Å². The summed E-state index contributed by atoms with van der Waals surface area (Å²) in [5.41, 5.74) is 0. The molecule has 0 bridgehead atoms. The Morgan fingerprint density at radius 3 is 3.08 bits per heavy atom. The molecule has 2 N–H and O–H groups in total. The lowest BCUT2D eigenvalue weighted by atomic mass is 10.2. The van der Waals surface area contributed by atoms with Gasteiger partial charge in [0.25, 0.3) is 0 Å². The van der Waals surface area contributed by atoms with Crippen LogP contribution in [0.25, 0.3) is 0 Å². The highest BCUT2D eigenvalue weighted by Gasteiger charge is 2.27. The molecule has 1 aliphatic rings. The second-order valence-corrected chi connectivity index (χ2v) is 2.64. The molecule has 1 fully saturated rings. The molecule has 1 saturated heterocycles. The number of nitrogens with one attached hydrogen (secondary N) is 1. The smallest absolute Gasteiger partial charge is 0.408 e. The fraction of sp³-hybridized carbons (Fsp3) is 0.625. The molecule has 2 unspecified atom stereocenters. The van der Waals surface area contributed by atoms with E-state index in [-0.39, 0.29) is 13.2 Å². The predicted octanol–water partition coefficient (Wildman–Crippen LogP) is -0.895. The van der Waals surface area contributed by atoms with Crippen LogP contribution >= 0.6 is 0 Å². The van der Waals surface area contributed by atoms with E-state index in [1.54, 1.807) is 0 Å². The maximum absolute atomic E-state index is 10.9. The largest absolute Gasteiger partial charge is 0.436 e. The van der Waals surface area contributed by atoms with Crippen molar-refractivity contribution in [2.75, 3.05) is 19.8 Å². The quantitative estimate of drug-likeness (QED) is 0.547. The van der Waals surface area contributed by atoms with E-state index >= 15 is 0 Å². The average Bonchev–Trinajstić information content (AvgIpc) is 2.48. The van der Waals surface area contributed by atoms with Gasteiger partial charge in [-0.25, -0.2) is 4.79 Å². The molecule has 1 aliphatic heterocycles. The number of rotatable bonds is 2. The molecule has 2 atom stereocenters. The maximum atomic E-state index is 10.9. The molecule has 0 spiro atoms. The number of ether oxygens (including phenoxy) is 2. The number of aliphatic hydroxyl groups is 1. The van der Waals surface area contributed by atoms with E-state index in [0.29, 0.717) is 6.61 Å². The van der Waals surface area contributed by atoms with Crippen molar-refractivity contribution in [1.82, 2.24) is 5.32 Å². The van der Waals surface area contributed by atoms with Crippen LogP contribution in [0, 0.1) is 12.3 Å². The van der Waals surface area contributed by atoms with Crippen molar-refractivity contribution in [2.24, 2.45) is 0 Å². The molecule has 0 radical (unpaired) electrons. The molecular formula is C8H11NO4. The monoisotopic (exact) mass is 185 g/mol. The minimum atomic E-state index is -0.668. The van der Waals surface area contributed by atoms with Crippen molar-refractivity contribution >= 4 is 6.09 Å². The van der Waals surface area contributed by atoms with Gasteiger partial charge >= 0.3 is 6.09 Å².